The van der Waals surface area contributed by atoms with Gasteiger partial charge in [-0.05, 0) is 128 Å². The van der Waals surface area contributed by atoms with E-state index >= 15 is 0 Å². The summed E-state index contributed by atoms with van der Waals surface area (Å²) in [7, 11) is 0. The molecule has 1 aromatic heterocycles. The molecule has 0 saturated heterocycles. The third-order valence-corrected chi connectivity index (χ3v) is 12.8. The highest BCUT2D eigenvalue weighted by Crippen LogP contribution is 2.52. The van der Waals surface area contributed by atoms with Crippen molar-refractivity contribution in [2.45, 2.75) is 32.1 Å². The maximum atomic E-state index is 6.91. The van der Waals surface area contributed by atoms with Crippen LogP contribution in [-0.4, -0.2) is 0 Å². The van der Waals surface area contributed by atoms with E-state index in [1.807, 2.05) is 0 Å². The fraction of sp³-hybridized carbons (Fsp3) is 0.0847. The van der Waals surface area contributed by atoms with Crippen molar-refractivity contribution in [2.75, 3.05) is 4.90 Å². The highest BCUT2D eigenvalue weighted by Gasteiger charge is 2.36. The van der Waals surface area contributed by atoms with E-state index in [0.29, 0.717) is 0 Å². The second-order valence-corrected chi connectivity index (χ2v) is 16.9. The fourth-order valence-electron chi connectivity index (χ4n) is 9.74. The first-order chi connectivity index (χ1) is 30.0. The van der Waals surface area contributed by atoms with Crippen molar-refractivity contribution in [2.24, 2.45) is 0 Å². The molecule has 0 atom stereocenters. The molecule has 0 N–H and O–H groups in total. The summed E-state index contributed by atoms with van der Waals surface area (Å²) in [6.07, 6.45) is 1.64. The van der Waals surface area contributed by atoms with Gasteiger partial charge >= 0.3 is 0 Å². The predicted molar refractivity (Wildman–Crippen MR) is 255 cm³/mol. The van der Waals surface area contributed by atoms with Crippen molar-refractivity contribution in [3.63, 3.8) is 0 Å². The molecule has 61 heavy (non-hydrogen) atoms. The number of rotatable bonds is 9. The molecule has 2 heteroatoms. The molecule has 0 radical (unpaired) electrons. The molecule has 0 aliphatic heterocycles. The van der Waals surface area contributed by atoms with E-state index in [9.17, 15) is 0 Å². The molecule has 10 aromatic rings. The lowest BCUT2D eigenvalue weighted by Gasteiger charge is -2.29. The zero-order chi connectivity index (χ0) is 40.9. The van der Waals surface area contributed by atoms with Gasteiger partial charge in [0.1, 0.15) is 11.2 Å². The molecular weight excluding hydrogens is 739 g/mol. The summed E-state index contributed by atoms with van der Waals surface area (Å²) in [4.78, 5) is 2.44. The van der Waals surface area contributed by atoms with E-state index in [2.05, 4.69) is 231 Å². The van der Waals surface area contributed by atoms with Gasteiger partial charge in [-0.2, -0.15) is 0 Å². The molecule has 1 aliphatic rings. The first kappa shape index (κ1) is 36.6. The molecule has 292 valence electrons. The summed E-state index contributed by atoms with van der Waals surface area (Å²) in [5.74, 6) is 0. The minimum atomic E-state index is -0.143. The Morgan fingerprint density at radius 2 is 1.00 bits per heavy atom. The van der Waals surface area contributed by atoms with Crippen LogP contribution in [-0.2, 0) is 18.3 Å². The molecule has 0 unspecified atom stereocenters. The van der Waals surface area contributed by atoms with Gasteiger partial charge in [0.2, 0.25) is 0 Å². The van der Waals surface area contributed by atoms with Crippen LogP contribution in [0.2, 0.25) is 0 Å². The van der Waals surface area contributed by atoms with E-state index in [1.165, 1.54) is 66.8 Å². The zero-order valence-electron chi connectivity index (χ0n) is 34.5. The minimum Gasteiger partial charge on any atom is -0.456 e. The third kappa shape index (κ3) is 6.53. The number of furan rings is 1. The van der Waals surface area contributed by atoms with Crippen LogP contribution >= 0.6 is 0 Å². The fourth-order valence-corrected chi connectivity index (χ4v) is 9.74. The molecular formula is C59H45NO. The number of hydrogen-bond donors (Lipinski definition) is 0. The SMILES string of the molecule is CC1(C)c2ccccc2-c2ccc(N(c3ccc(-c4ccccc4)cc3)c3cccc4oc5cc(Cc6ccccc6)c(-c6ccccc6Cc6ccccc6)cc5c34)cc21. The molecule has 1 heterocycles. The van der Waals surface area contributed by atoms with Crippen LogP contribution in [0, 0.1) is 0 Å². The van der Waals surface area contributed by atoms with Gasteiger partial charge in [-0.25, -0.2) is 0 Å². The number of benzene rings is 9. The predicted octanol–water partition coefficient (Wildman–Crippen LogP) is 15.9. The average Bonchev–Trinajstić information content (AvgIpc) is 3.79. The van der Waals surface area contributed by atoms with E-state index < -0.39 is 0 Å². The average molecular weight is 784 g/mol. The Balaban J connectivity index is 1.13. The number of anilines is 3. The van der Waals surface area contributed by atoms with Crippen molar-refractivity contribution in [1.29, 1.82) is 0 Å². The monoisotopic (exact) mass is 783 g/mol. The molecule has 9 aromatic carbocycles. The molecule has 0 amide bonds. The molecule has 0 fully saturated rings. The Morgan fingerprint density at radius 3 is 1.74 bits per heavy atom. The number of hydrogen-bond acceptors (Lipinski definition) is 2. The lowest BCUT2D eigenvalue weighted by molar-refractivity contribution is 0.660. The van der Waals surface area contributed by atoms with E-state index in [-0.39, 0.29) is 5.41 Å². The molecule has 11 rings (SSSR count). The Hall–Kier alpha value is -7.42. The van der Waals surface area contributed by atoms with Gasteiger partial charge in [0, 0.05) is 22.2 Å². The van der Waals surface area contributed by atoms with Crippen molar-refractivity contribution < 1.29 is 4.42 Å². The molecule has 1 aliphatic carbocycles. The van der Waals surface area contributed by atoms with Gasteiger partial charge < -0.3 is 9.32 Å². The van der Waals surface area contributed by atoms with Gasteiger partial charge in [-0.3, -0.25) is 0 Å². The second kappa shape index (κ2) is 15.0. The third-order valence-electron chi connectivity index (χ3n) is 12.8. The lowest BCUT2D eigenvalue weighted by Crippen LogP contribution is -2.16. The molecule has 0 bridgehead atoms. The van der Waals surface area contributed by atoms with Crippen LogP contribution in [0.25, 0.3) is 55.3 Å². The summed E-state index contributed by atoms with van der Waals surface area (Å²) in [6, 6.07) is 77.3. The smallest absolute Gasteiger partial charge is 0.137 e. The van der Waals surface area contributed by atoms with Gasteiger partial charge in [0.25, 0.3) is 0 Å². The quantitative estimate of drug-likeness (QED) is 0.145. The Bertz CT molecular complexity index is 3200. The van der Waals surface area contributed by atoms with Crippen molar-refractivity contribution in [1.82, 2.24) is 0 Å². The molecule has 2 nitrogen and oxygen atoms in total. The van der Waals surface area contributed by atoms with Gasteiger partial charge in [0.15, 0.2) is 0 Å². The zero-order valence-corrected chi connectivity index (χ0v) is 34.5. The van der Waals surface area contributed by atoms with Crippen molar-refractivity contribution in [3.05, 3.63) is 246 Å². The number of fused-ring (bicyclic) bond motifs is 6. The van der Waals surface area contributed by atoms with E-state index in [1.54, 1.807) is 0 Å². The van der Waals surface area contributed by atoms with Crippen molar-refractivity contribution in [3.8, 4) is 33.4 Å². The van der Waals surface area contributed by atoms with Crippen LogP contribution < -0.4 is 4.90 Å². The maximum absolute atomic E-state index is 6.91. The van der Waals surface area contributed by atoms with Crippen LogP contribution in [0.1, 0.15) is 47.2 Å². The Labute approximate surface area is 358 Å². The summed E-state index contributed by atoms with van der Waals surface area (Å²) >= 11 is 0. The standard InChI is InChI=1S/C59H45NO/c1-59(2)53-26-15-14-25-49(53)50-34-33-47(38-54(50)59)60(46-31-29-43(30-32-46)42-21-10-5-11-22-42)55-27-16-28-56-58(55)52-39-51(45(37-57(52)61-56)36-41-19-8-4-9-20-41)48-24-13-12-23-44(48)35-40-17-6-3-7-18-40/h3-34,37-39H,35-36H2,1-2H3. The highest BCUT2D eigenvalue weighted by atomic mass is 16.3. The van der Waals surface area contributed by atoms with Gasteiger partial charge in [0.05, 0.1) is 11.1 Å². The first-order valence-corrected chi connectivity index (χ1v) is 21.3. The lowest BCUT2D eigenvalue weighted by atomic mass is 9.82. The normalized spacial score (nSPS) is 12.7. The summed E-state index contributed by atoms with van der Waals surface area (Å²) < 4.78 is 6.91. The Kier molecular flexibility index (Phi) is 9.01. The summed E-state index contributed by atoms with van der Waals surface area (Å²) in [6.45, 7) is 4.71. The molecule has 0 saturated carbocycles. The minimum absolute atomic E-state index is 0.143. The highest BCUT2D eigenvalue weighted by molar-refractivity contribution is 6.14. The first-order valence-electron chi connectivity index (χ1n) is 21.3. The van der Waals surface area contributed by atoms with E-state index in [0.717, 1.165) is 51.8 Å². The van der Waals surface area contributed by atoms with Crippen LogP contribution in [0.4, 0.5) is 17.1 Å². The maximum Gasteiger partial charge on any atom is 0.137 e. The van der Waals surface area contributed by atoms with Crippen LogP contribution in [0.15, 0.2) is 217 Å². The van der Waals surface area contributed by atoms with Gasteiger partial charge in [-0.1, -0.05) is 178 Å². The summed E-state index contributed by atoms with van der Waals surface area (Å²) in [5.41, 5.74) is 20.2. The Morgan fingerprint density at radius 1 is 0.410 bits per heavy atom. The molecule has 0 spiro atoms. The second-order valence-electron chi connectivity index (χ2n) is 16.9. The van der Waals surface area contributed by atoms with Crippen molar-refractivity contribution >= 4 is 39.0 Å². The van der Waals surface area contributed by atoms with Crippen LogP contribution in [0.5, 0.6) is 0 Å². The topological polar surface area (TPSA) is 16.4 Å². The largest absolute Gasteiger partial charge is 0.456 e. The number of nitrogens with zero attached hydrogens (tertiary/aromatic N) is 1. The van der Waals surface area contributed by atoms with Crippen LogP contribution in [0.3, 0.4) is 0 Å². The summed E-state index contributed by atoms with van der Waals surface area (Å²) in [5, 5.41) is 2.20. The van der Waals surface area contributed by atoms with Gasteiger partial charge in [-0.15, -0.1) is 0 Å². The van der Waals surface area contributed by atoms with E-state index in [4.69, 9.17) is 4.42 Å².